The second kappa shape index (κ2) is 5.04. The van der Waals surface area contributed by atoms with Crippen molar-refractivity contribution in [2.24, 2.45) is 5.92 Å². The zero-order valence-corrected chi connectivity index (χ0v) is 13.6. The Balaban J connectivity index is 1.57. The maximum atomic E-state index is 4.83. The van der Waals surface area contributed by atoms with Crippen LogP contribution in [0.5, 0.6) is 0 Å². The Labute approximate surface area is 130 Å². The third kappa shape index (κ3) is 2.85. The van der Waals surface area contributed by atoms with Gasteiger partial charge in [0.25, 0.3) is 0 Å². The van der Waals surface area contributed by atoms with Crippen molar-refractivity contribution in [1.82, 2.24) is 15.2 Å². The van der Waals surface area contributed by atoms with E-state index < -0.39 is 0 Å². The number of thiazole rings is 1. The average molecular weight is 301 g/mol. The van der Waals surface area contributed by atoms with Gasteiger partial charge in [-0.3, -0.25) is 4.90 Å². The summed E-state index contributed by atoms with van der Waals surface area (Å²) >= 11 is 1.85. The summed E-state index contributed by atoms with van der Waals surface area (Å²) in [5.41, 5.74) is 1.36. The Kier molecular flexibility index (Phi) is 3.28. The average Bonchev–Trinajstić information content (AvgIpc) is 3.17. The van der Waals surface area contributed by atoms with Crippen LogP contribution in [0, 0.1) is 5.92 Å². The fourth-order valence-corrected chi connectivity index (χ4v) is 4.46. The monoisotopic (exact) mass is 301 g/mol. The molecule has 1 aliphatic carbocycles. The minimum atomic E-state index is 0.210. The van der Waals surface area contributed by atoms with Gasteiger partial charge in [0, 0.05) is 24.7 Å². The SMILES string of the molecule is CC1(C)CN(Cc2nc3ccccc3s2)C(C2CC2)CN1. The predicted molar refractivity (Wildman–Crippen MR) is 88.6 cm³/mol. The maximum Gasteiger partial charge on any atom is 0.108 e. The van der Waals surface area contributed by atoms with Crippen molar-refractivity contribution < 1.29 is 0 Å². The molecule has 1 aliphatic heterocycles. The Hall–Kier alpha value is -0.970. The van der Waals surface area contributed by atoms with Gasteiger partial charge in [-0.1, -0.05) is 12.1 Å². The molecule has 1 unspecified atom stereocenters. The van der Waals surface area contributed by atoms with Crippen LogP contribution in [0.15, 0.2) is 24.3 Å². The van der Waals surface area contributed by atoms with Gasteiger partial charge in [0.05, 0.1) is 16.8 Å². The molecule has 1 N–H and O–H groups in total. The van der Waals surface area contributed by atoms with Gasteiger partial charge in [0.2, 0.25) is 0 Å². The number of aromatic nitrogens is 1. The minimum Gasteiger partial charge on any atom is -0.309 e. The first-order valence-corrected chi connectivity index (χ1v) is 8.76. The summed E-state index contributed by atoms with van der Waals surface area (Å²) in [6.07, 6.45) is 2.81. The van der Waals surface area contributed by atoms with E-state index in [0.717, 1.165) is 31.1 Å². The van der Waals surface area contributed by atoms with Crippen LogP contribution in [0.2, 0.25) is 0 Å². The predicted octanol–water partition coefficient (Wildman–Crippen LogP) is 3.26. The smallest absolute Gasteiger partial charge is 0.108 e. The number of nitrogens with zero attached hydrogens (tertiary/aromatic N) is 2. The van der Waals surface area contributed by atoms with Crippen molar-refractivity contribution in [3.63, 3.8) is 0 Å². The van der Waals surface area contributed by atoms with Gasteiger partial charge >= 0.3 is 0 Å². The molecule has 21 heavy (non-hydrogen) atoms. The molecule has 0 amide bonds. The Morgan fingerprint density at radius 3 is 2.90 bits per heavy atom. The van der Waals surface area contributed by atoms with Crippen LogP contribution < -0.4 is 5.32 Å². The number of piperazine rings is 1. The molecule has 0 radical (unpaired) electrons. The van der Waals surface area contributed by atoms with Crippen LogP contribution in [-0.2, 0) is 6.54 Å². The third-order valence-corrected chi connectivity index (χ3v) is 5.72. The molecule has 1 aromatic heterocycles. The molecule has 112 valence electrons. The molecule has 3 nitrogen and oxygen atoms in total. The van der Waals surface area contributed by atoms with Crippen molar-refractivity contribution in [3.05, 3.63) is 29.3 Å². The molecule has 1 aromatic carbocycles. The van der Waals surface area contributed by atoms with Gasteiger partial charge < -0.3 is 5.32 Å². The number of rotatable bonds is 3. The van der Waals surface area contributed by atoms with Crippen LogP contribution in [0.4, 0.5) is 0 Å². The van der Waals surface area contributed by atoms with Crippen molar-refractivity contribution >= 4 is 21.6 Å². The lowest BCUT2D eigenvalue weighted by Crippen LogP contribution is -2.61. The van der Waals surface area contributed by atoms with Crippen LogP contribution in [-0.4, -0.2) is 34.6 Å². The van der Waals surface area contributed by atoms with Gasteiger partial charge in [-0.15, -0.1) is 11.3 Å². The lowest BCUT2D eigenvalue weighted by atomic mass is 9.96. The first kappa shape index (κ1) is 13.7. The van der Waals surface area contributed by atoms with Gasteiger partial charge in [-0.05, 0) is 44.7 Å². The number of fused-ring (bicyclic) bond motifs is 1. The highest BCUT2D eigenvalue weighted by molar-refractivity contribution is 7.18. The van der Waals surface area contributed by atoms with Gasteiger partial charge in [-0.25, -0.2) is 4.98 Å². The lowest BCUT2D eigenvalue weighted by Gasteiger charge is -2.44. The normalized spacial score (nSPS) is 26.3. The minimum absolute atomic E-state index is 0.210. The van der Waals surface area contributed by atoms with Crippen LogP contribution >= 0.6 is 11.3 Å². The van der Waals surface area contributed by atoms with Crippen LogP contribution in [0.1, 0.15) is 31.7 Å². The number of hydrogen-bond donors (Lipinski definition) is 1. The highest BCUT2D eigenvalue weighted by Crippen LogP contribution is 2.38. The topological polar surface area (TPSA) is 28.2 Å². The first-order valence-electron chi connectivity index (χ1n) is 7.94. The summed E-state index contributed by atoms with van der Waals surface area (Å²) in [5, 5.41) is 4.98. The van der Waals surface area contributed by atoms with E-state index in [1.165, 1.54) is 22.5 Å². The van der Waals surface area contributed by atoms with E-state index in [9.17, 15) is 0 Å². The molecule has 4 rings (SSSR count). The van der Waals surface area contributed by atoms with Crippen molar-refractivity contribution in [3.8, 4) is 0 Å². The van der Waals surface area contributed by atoms with E-state index in [-0.39, 0.29) is 5.54 Å². The van der Waals surface area contributed by atoms with Gasteiger partial charge in [-0.2, -0.15) is 0 Å². The molecule has 2 aliphatic rings. The molecule has 0 bridgehead atoms. The molecular formula is C17H23N3S. The fourth-order valence-electron chi connectivity index (χ4n) is 3.47. The summed E-state index contributed by atoms with van der Waals surface area (Å²) < 4.78 is 1.31. The molecule has 1 saturated heterocycles. The lowest BCUT2D eigenvalue weighted by molar-refractivity contribution is 0.0759. The summed E-state index contributed by atoms with van der Waals surface area (Å²) in [6.45, 7) is 7.86. The molecule has 1 saturated carbocycles. The molecule has 0 spiro atoms. The van der Waals surface area contributed by atoms with Gasteiger partial charge in [0.15, 0.2) is 0 Å². The van der Waals surface area contributed by atoms with E-state index in [1.807, 2.05) is 11.3 Å². The molecule has 4 heteroatoms. The molecule has 1 atom stereocenters. The first-order chi connectivity index (χ1) is 10.1. The highest BCUT2D eigenvalue weighted by atomic mass is 32.1. The van der Waals surface area contributed by atoms with E-state index >= 15 is 0 Å². The van der Waals surface area contributed by atoms with Crippen LogP contribution in [0.25, 0.3) is 10.2 Å². The third-order valence-electron chi connectivity index (χ3n) is 4.70. The Morgan fingerprint density at radius 1 is 1.33 bits per heavy atom. The summed E-state index contributed by atoms with van der Waals surface area (Å²) in [5.74, 6) is 0.906. The second-order valence-electron chi connectivity index (χ2n) is 7.15. The van der Waals surface area contributed by atoms with Crippen molar-refractivity contribution in [2.75, 3.05) is 13.1 Å². The number of benzene rings is 1. The van der Waals surface area contributed by atoms with Crippen molar-refractivity contribution in [1.29, 1.82) is 0 Å². The van der Waals surface area contributed by atoms with Crippen LogP contribution in [0.3, 0.4) is 0 Å². The molecule has 2 heterocycles. The van der Waals surface area contributed by atoms with Gasteiger partial charge in [0.1, 0.15) is 5.01 Å². The Bertz CT molecular complexity index is 611. The maximum absolute atomic E-state index is 4.83. The number of hydrogen-bond acceptors (Lipinski definition) is 4. The molecular weight excluding hydrogens is 278 g/mol. The molecule has 2 fully saturated rings. The van der Waals surface area contributed by atoms with E-state index in [4.69, 9.17) is 4.98 Å². The number of nitrogens with one attached hydrogen (secondary N) is 1. The van der Waals surface area contributed by atoms with E-state index in [0.29, 0.717) is 6.04 Å². The Morgan fingerprint density at radius 2 is 2.14 bits per heavy atom. The quantitative estimate of drug-likeness (QED) is 0.943. The van der Waals surface area contributed by atoms with E-state index in [1.54, 1.807) is 0 Å². The number of para-hydroxylation sites is 1. The zero-order chi connectivity index (χ0) is 14.4. The molecule has 2 aromatic rings. The largest absolute Gasteiger partial charge is 0.309 e. The highest BCUT2D eigenvalue weighted by Gasteiger charge is 2.41. The standard InChI is InChI=1S/C17H23N3S/c1-17(2)11-20(14(9-18-17)12-7-8-12)10-16-19-13-5-3-4-6-15(13)21-16/h3-6,12,14,18H,7-11H2,1-2H3. The second-order valence-corrected chi connectivity index (χ2v) is 8.27. The summed E-state index contributed by atoms with van der Waals surface area (Å²) in [7, 11) is 0. The van der Waals surface area contributed by atoms with E-state index in [2.05, 4.69) is 48.3 Å². The summed E-state index contributed by atoms with van der Waals surface area (Å²) in [4.78, 5) is 7.50. The summed E-state index contributed by atoms with van der Waals surface area (Å²) in [6, 6.07) is 9.18. The fraction of sp³-hybridized carbons (Fsp3) is 0.588. The zero-order valence-electron chi connectivity index (χ0n) is 12.8. The van der Waals surface area contributed by atoms with Crippen molar-refractivity contribution in [2.45, 2.75) is 44.8 Å².